The van der Waals surface area contributed by atoms with Gasteiger partial charge >= 0.3 is 5.51 Å². The maximum atomic E-state index is 13.9. The van der Waals surface area contributed by atoms with Crippen molar-refractivity contribution in [2.45, 2.75) is 10.4 Å². The Morgan fingerprint density at radius 3 is 2.11 bits per heavy atom. The summed E-state index contributed by atoms with van der Waals surface area (Å²) < 4.78 is 60.7. The van der Waals surface area contributed by atoms with Crippen molar-refractivity contribution < 1.29 is 17.4 Å². The molecule has 1 atom stereocenters. The van der Waals surface area contributed by atoms with Crippen molar-refractivity contribution in [3.63, 3.8) is 0 Å². The molecule has 0 spiro atoms. The lowest BCUT2D eigenvalue weighted by molar-refractivity contribution is -0.0402. The van der Waals surface area contributed by atoms with Crippen molar-refractivity contribution in [1.29, 1.82) is 0 Å². The highest BCUT2D eigenvalue weighted by molar-refractivity contribution is 7.94. The second-order valence-corrected chi connectivity index (χ2v) is 11.3. The molecule has 5 aromatic carbocycles. The van der Waals surface area contributed by atoms with Crippen LogP contribution >= 0.6 is 0 Å². The zero-order valence-corrected chi connectivity index (χ0v) is 20.6. The Morgan fingerprint density at radius 1 is 0.632 bits per heavy atom. The van der Waals surface area contributed by atoms with E-state index in [0.29, 0.717) is 11.1 Å². The molecule has 0 saturated heterocycles. The minimum absolute atomic E-state index is 0.0801. The van der Waals surface area contributed by atoms with Crippen molar-refractivity contribution in [3.8, 4) is 27.9 Å². The fraction of sp³-hybridized carbons (Fsp3) is 0.0323. The van der Waals surface area contributed by atoms with Gasteiger partial charge in [0.2, 0.25) is 0 Å². The minimum Gasteiger partial charge on any atom is -0.309 e. The van der Waals surface area contributed by atoms with Crippen LogP contribution in [0, 0.1) is 0 Å². The van der Waals surface area contributed by atoms with Gasteiger partial charge in [-0.05, 0) is 59.7 Å². The summed E-state index contributed by atoms with van der Waals surface area (Å²) in [5.41, 5.74) is 0.913. The molecule has 7 rings (SSSR count). The van der Waals surface area contributed by atoms with Crippen LogP contribution in [0.25, 0.3) is 49.7 Å². The molecule has 0 amide bonds. The molecule has 186 valence electrons. The average Bonchev–Trinajstić information content (AvgIpc) is 3.27. The molecule has 0 radical (unpaired) electrons. The first kappa shape index (κ1) is 22.8. The third kappa shape index (κ3) is 3.25. The Hall–Kier alpha value is -4.36. The molecule has 38 heavy (non-hydrogen) atoms. The van der Waals surface area contributed by atoms with E-state index in [0.717, 1.165) is 38.6 Å². The van der Waals surface area contributed by atoms with Gasteiger partial charge < -0.3 is 4.57 Å². The summed E-state index contributed by atoms with van der Waals surface area (Å²) >= 11 is 0. The van der Waals surface area contributed by atoms with E-state index in [-0.39, 0.29) is 10.6 Å². The van der Waals surface area contributed by atoms with Gasteiger partial charge in [0, 0.05) is 27.6 Å². The van der Waals surface area contributed by atoms with E-state index < -0.39 is 15.2 Å². The Balaban J connectivity index is 1.44. The number of aromatic nitrogens is 1. The van der Waals surface area contributed by atoms with E-state index in [9.17, 15) is 17.4 Å². The van der Waals surface area contributed by atoms with Crippen molar-refractivity contribution in [2.75, 3.05) is 0 Å². The molecule has 1 aliphatic rings. The number of halogens is 3. The molecule has 0 bridgehead atoms. The van der Waals surface area contributed by atoms with Gasteiger partial charge in [-0.2, -0.15) is 17.5 Å². The van der Waals surface area contributed by atoms with Gasteiger partial charge in [0.1, 0.15) is 0 Å². The SMILES string of the molecule is O=S1(C(F)(F)F)=Nc2ccc(-c3ccc4c(c3)c3ccccc3n4-c3ccccc3)cc2-c2ccccc21. The molecule has 0 aliphatic carbocycles. The third-order valence-corrected chi connectivity index (χ3v) is 9.07. The molecule has 0 fully saturated rings. The monoisotopic (exact) mass is 524 g/mol. The summed E-state index contributed by atoms with van der Waals surface area (Å²) in [5, 5.41) is 2.18. The molecule has 0 N–H and O–H groups in total. The first-order valence-corrected chi connectivity index (χ1v) is 13.5. The van der Waals surface area contributed by atoms with Crippen LogP contribution in [0.4, 0.5) is 18.9 Å². The number of benzene rings is 5. The van der Waals surface area contributed by atoms with E-state index in [1.807, 2.05) is 42.5 Å². The average molecular weight is 525 g/mol. The predicted molar refractivity (Wildman–Crippen MR) is 146 cm³/mol. The van der Waals surface area contributed by atoms with Crippen LogP contribution in [0.3, 0.4) is 0 Å². The first-order valence-electron chi connectivity index (χ1n) is 12.0. The number of rotatable bonds is 2. The Labute approximate surface area is 217 Å². The van der Waals surface area contributed by atoms with E-state index in [1.54, 1.807) is 18.2 Å². The summed E-state index contributed by atoms with van der Waals surface area (Å²) in [5.74, 6) is 0. The molecular weight excluding hydrogens is 505 g/mol. The Kier molecular flexibility index (Phi) is 4.84. The minimum atomic E-state index is -4.97. The number of hydrogen-bond acceptors (Lipinski definition) is 2. The summed E-state index contributed by atoms with van der Waals surface area (Å²) in [6, 6.07) is 35.7. The van der Waals surface area contributed by atoms with Gasteiger partial charge in [0.05, 0.1) is 21.6 Å². The molecule has 1 aliphatic heterocycles. The van der Waals surface area contributed by atoms with Gasteiger partial charge in [-0.25, -0.2) is 4.21 Å². The van der Waals surface area contributed by atoms with Gasteiger partial charge in [0.15, 0.2) is 9.73 Å². The lowest BCUT2D eigenvalue weighted by atomic mass is 9.96. The molecule has 3 nitrogen and oxygen atoms in total. The van der Waals surface area contributed by atoms with Crippen molar-refractivity contribution in [3.05, 3.63) is 115 Å². The Bertz CT molecular complexity index is 2020. The molecule has 0 saturated carbocycles. The normalized spacial score (nSPS) is 16.7. The topological polar surface area (TPSA) is 34.4 Å². The van der Waals surface area contributed by atoms with Gasteiger partial charge in [-0.3, -0.25) is 0 Å². The maximum absolute atomic E-state index is 13.9. The summed E-state index contributed by atoms with van der Waals surface area (Å²) in [4.78, 5) is -0.293. The second-order valence-electron chi connectivity index (χ2n) is 9.21. The van der Waals surface area contributed by atoms with Crippen LogP contribution in [0.2, 0.25) is 0 Å². The molecule has 1 aromatic heterocycles. The molecule has 6 aromatic rings. The van der Waals surface area contributed by atoms with Crippen molar-refractivity contribution in [2.24, 2.45) is 4.36 Å². The third-order valence-electron chi connectivity index (χ3n) is 7.03. The van der Waals surface area contributed by atoms with E-state index in [2.05, 4.69) is 45.3 Å². The van der Waals surface area contributed by atoms with Gasteiger partial charge in [-0.1, -0.05) is 66.7 Å². The molecule has 2 heterocycles. The number of para-hydroxylation sites is 2. The highest BCUT2D eigenvalue weighted by Crippen LogP contribution is 2.48. The van der Waals surface area contributed by atoms with Crippen LogP contribution < -0.4 is 0 Å². The van der Waals surface area contributed by atoms with E-state index in [4.69, 9.17) is 0 Å². The lowest BCUT2D eigenvalue weighted by Crippen LogP contribution is -2.24. The molecule has 1 unspecified atom stereocenters. The number of fused-ring (bicyclic) bond motifs is 6. The summed E-state index contributed by atoms with van der Waals surface area (Å²) in [6.45, 7) is 0. The fourth-order valence-electron chi connectivity index (χ4n) is 5.31. The van der Waals surface area contributed by atoms with Gasteiger partial charge in [-0.15, -0.1) is 0 Å². The zero-order chi connectivity index (χ0) is 26.1. The smallest absolute Gasteiger partial charge is 0.309 e. The largest absolute Gasteiger partial charge is 0.484 e. The van der Waals surface area contributed by atoms with Crippen LogP contribution in [0.15, 0.2) is 125 Å². The fourth-order valence-corrected chi connectivity index (χ4v) is 6.94. The first-order chi connectivity index (χ1) is 18.3. The van der Waals surface area contributed by atoms with E-state index in [1.165, 1.54) is 18.2 Å². The van der Waals surface area contributed by atoms with Crippen LogP contribution in [-0.2, 0) is 9.73 Å². The van der Waals surface area contributed by atoms with Crippen LogP contribution in [0.5, 0.6) is 0 Å². The van der Waals surface area contributed by atoms with Gasteiger partial charge in [0.25, 0.3) is 0 Å². The second kappa shape index (κ2) is 8.07. The standard InChI is InChI=1S/C31H19F3N2OS/c32-31(33,34)38(37)30-13-7-5-11-24(30)25-18-20(14-16-27(25)35-38)21-15-17-29-26(19-21)23-10-4-6-12-28(23)36(29)22-8-2-1-3-9-22/h1-19H. The van der Waals surface area contributed by atoms with E-state index >= 15 is 0 Å². The summed E-state index contributed by atoms with van der Waals surface area (Å²) in [6.07, 6.45) is 0. The van der Waals surface area contributed by atoms with Crippen LogP contribution in [-0.4, -0.2) is 14.3 Å². The number of nitrogens with zero attached hydrogens (tertiary/aromatic N) is 2. The van der Waals surface area contributed by atoms with Crippen LogP contribution in [0.1, 0.15) is 0 Å². The Morgan fingerprint density at radius 2 is 1.29 bits per heavy atom. The zero-order valence-electron chi connectivity index (χ0n) is 19.8. The summed E-state index contributed by atoms with van der Waals surface area (Å²) in [7, 11) is -4.61. The highest BCUT2D eigenvalue weighted by Gasteiger charge is 2.47. The molecular formula is C31H19F3N2OS. The molecule has 7 heteroatoms. The quantitative estimate of drug-likeness (QED) is 0.222. The maximum Gasteiger partial charge on any atom is 0.484 e. The van der Waals surface area contributed by atoms with Crippen molar-refractivity contribution >= 4 is 37.2 Å². The highest BCUT2D eigenvalue weighted by atomic mass is 32.2. The van der Waals surface area contributed by atoms with Crippen molar-refractivity contribution in [1.82, 2.24) is 4.57 Å². The number of alkyl halides is 3. The lowest BCUT2D eigenvalue weighted by Gasteiger charge is -2.23. The predicted octanol–water partition coefficient (Wildman–Crippen LogP) is 9.11. The number of hydrogen-bond donors (Lipinski definition) is 0.